The minimum atomic E-state index is -4.35. The summed E-state index contributed by atoms with van der Waals surface area (Å²) in [6, 6.07) is 1.89. The van der Waals surface area contributed by atoms with Crippen LogP contribution >= 0.6 is 0 Å². The van der Waals surface area contributed by atoms with Gasteiger partial charge in [0.05, 0.1) is 12.2 Å². The molecule has 0 amide bonds. The number of pyridine rings is 1. The lowest BCUT2D eigenvalue weighted by molar-refractivity contribution is -0.137. The van der Waals surface area contributed by atoms with Crippen LogP contribution in [0.25, 0.3) is 0 Å². The minimum absolute atomic E-state index is 0.0404. The molecule has 0 aromatic carbocycles. The number of halogens is 3. The summed E-state index contributed by atoms with van der Waals surface area (Å²) in [6.07, 6.45) is -0.0988. The predicted octanol–water partition coefficient (Wildman–Crippen LogP) is 2.87. The van der Waals surface area contributed by atoms with Gasteiger partial charge < -0.3 is 10.1 Å². The highest BCUT2D eigenvalue weighted by Gasteiger charge is 2.30. The number of rotatable bonds is 4. The fourth-order valence-electron chi connectivity index (χ4n) is 2.17. The Morgan fingerprint density at radius 1 is 1.42 bits per heavy atom. The zero-order valence-electron chi connectivity index (χ0n) is 10.5. The summed E-state index contributed by atoms with van der Waals surface area (Å²) < 4.78 is 42.8. The topological polar surface area (TPSA) is 34.1 Å². The van der Waals surface area contributed by atoms with Crippen molar-refractivity contribution in [2.75, 3.05) is 19.7 Å². The van der Waals surface area contributed by atoms with Gasteiger partial charge in [-0.1, -0.05) is 0 Å². The summed E-state index contributed by atoms with van der Waals surface area (Å²) in [5, 5.41) is 3.29. The van der Waals surface area contributed by atoms with E-state index < -0.39 is 11.7 Å². The van der Waals surface area contributed by atoms with Crippen molar-refractivity contribution in [1.29, 1.82) is 0 Å². The molecule has 2 heterocycles. The molecule has 0 aliphatic carbocycles. The molecule has 1 aliphatic rings. The van der Waals surface area contributed by atoms with Crippen LogP contribution in [0.5, 0.6) is 5.88 Å². The largest absolute Gasteiger partial charge is 0.478 e. The van der Waals surface area contributed by atoms with Crippen molar-refractivity contribution in [3.8, 4) is 5.88 Å². The lowest BCUT2D eigenvalue weighted by atomic mass is 9.97. The van der Waals surface area contributed by atoms with Crippen molar-refractivity contribution >= 4 is 0 Å². The second-order valence-electron chi connectivity index (χ2n) is 4.73. The van der Waals surface area contributed by atoms with Gasteiger partial charge in [0.25, 0.3) is 0 Å². The second kappa shape index (κ2) is 6.23. The number of piperidine rings is 1. The van der Waals surface area contributed by atoms with Crippen LogP contribution in [-0.4, -0.2) is 24.7 Å². The fourth-order valence-corrected chi connectivity index (χ4v) is 2.17. The molecule has 0 bridgehead atoms. The van der Waals surface area contributed by atoms with E-state index in [9.17, 15) is 13.2 Å². The van der Waals surface area contributed by atoms with Gasteiger partial charge in [-0.2, -0.15) is 13.2 Å². The molecule has 1 aromatic rings. The van der Waals surface area contributed by atoms with Gasteiger partial charge in [0.1, 0.15) is 0 Å². The molecule has 1 atom stereocenters. The van der Waals surface area contributed by atoms with Gasteiger partial charge in [0.2, 0.25) is 5.88 Å². The third-order valence-electron chi connectivity index (χ3n) is 3.24. The molecule has 19 heavy (non-hydrogen) atoms. The SMILES string of the molecule is FC(F)(F)c1ccnc(OCCC2CCCNC2)c1. The minimum Gasteiger partial charge on any atom is -0.478 e. The number of alkyl halides is 3. The summed E-state index contributed by atoms with van der Waals surface area (Å²) >= 11 is 0. The Labute approximate surface area is 110 Å². The molecular formula is C13H17F3N2O. The molecule has 3 nitrogen and oxygen atoms in total. The van der Waals surface area contributed by atoms with Gasteiger partial charge >= 0.3 is 6.18 Å². The van der Waals surface area contributed by atoms with Crippen LogP contribution in [-0.2, 0) is 6.18 Å². The Hall–Kier alpha value is -1.30. The highest BCUT2D eigenvalue weighted by molar-refractivity contribution is 5.22. The van der Waals surface area contributed by atoms with E-state index in [1.165, 1.54) is 0 Å². The van der Waals surface area contributed by atoms with E-state index in [2.05, 4.69) is 10.3 Å². The standard InChI is InChI=1S/C13H17F3N2O/c14-13(15,16)11-3-6-18-12(8-11)19-7-4-10-2-1-5-17-9-10/h3,6,8,10,17H,1-2,4-5,7,9H2. The molecule has 2 rings (SSSR count). The average molecular weight is 274 g/mol. The van der Waals surface area contributed by atoms with E-state index in [1.807, 2.05) is 0 Å². The van der Waals surface area contributed by atoms with Crippen LogP contribution in [0.4, 0.5) is 13.2 Å². The Bertz CT molecular complexity index is 403. The third-order valence-corrected chi connectivity index (χ3v) is 3.24. The lowest BCUT2D eigenvalue weighted by Gasteiger charge is -2.22. The van der Waals surface area contributed by atoms with Crippen molar-refractivity contribution in [2.45, 2.75) is 25.4 Å². The number of hydrogen-bond donors (Lipinski definition) is 1. The first-order chi connectivity index (χ1) is 9.05. The number of hydrogen-bond acceptors (Lipinski definition) is 3. The lowest BCUT2D eigenvalue weighted by Crippen LogP contribution is -2.30. The Morgan fingerprint density at radius 3 is 2.95 bits per heavy atom. The molecule has 1 saturated heterocycles. The Morgan fingerprint density at radius 2 is 2.26 bits per heavy atom. The first-order valence-electron chi connectivity index (χ1n) is 6.42. The summed E-state index contributed by atoms with van der Waals surface area (Å²) in [5.41, 5.74) is -0.725. The predicted molar refractivity (Wildman–Crippen MR) is 64.9 cm³/mol. The highest BCUT2D eigenvalue weighted by atomic mass is 19.4. The van der Waals surface area contributed by atoms with Crippen molar-refractivity contribution in [1.82, 2.24) is 10.3 Å². The van der Waals surface area contributed by atoms with Gasteiger partial charge in [-0.3, -0.25) is 0 Å². The van der Waals surface area contributed by atoms with Crippen molar-refractivity contribution < 1.29 is 17.9 Å². The molecule has 1 fully saturated rings. The van der Waals surface area contributed by atoms with Gasteiger partial charge in [-0.05, 0) is 44.3 Å². The number of nitrogens with zero attached hydrogens (tertiary/aromatic N) is 1. The molecule has 0 saturated carbocycles. The smallest absolute Gasteiger partial charge is 0.416 e. The molecule has 1 aliphatic heterocycles. The van der Waals surface area contributed by atoms with Crippen molar-refractivity contribution in [2.24, 2.45) is 5.92 Å². The van der Waals surface area contributed by atoms with Crippen LogP contribution < -0.4 is 10.1 Å². The molecule has 0 radical (unpaired) electrons. The van der Waals surface area contributed by atoms with Gasteiger partial charge in [0, 0.05) is 12.3 Å². The monoisotopic (exact) mass is 274 g/mol. The average Bonchev–Trinajstić information content (AvgIpc) is 2.39. The van der Waals surface area contributed by atoms with Gasteiger partial charge in [-0.25, -0.2) is 4.98 Å². The molecule has 1 unspecified atom stereocenters. The molecular weight excluding hydrogens is 257 g/mol. The van der Waals surface area contributed by atoms with Gasteiger partial charge in [-0.15, -0.1) is 0 Å². The zero-order chi connectivity index (χ0) is 13.7. The maximum absolute atomic E-state index is 12.5. The van der Waals surface area contributed by atoms with E-state index in [4.69, 9.17) is 4.74 Å². The molecule has 0 spiro atoms. The second-order valence-corrected chi connectivity index (χ2v) is 4.73. The summed E-state index contributed by atoms with van der Waals surface area (Å²) in [7, 11) is 0. The molecule has 6 heteroatoms. The summed E-state index contributed by atoms with van der Waals surface area (Å²) in [6.45, 7) is 2.41. The quantitative estimate of drug-likeness (QED) is 0.916. The van der Waals surface area contributed by atoms with Crippen LogP contribution in [0.2, 0.25) is 0 Å². The fraction of sp³-hybridized carbons (Fsp3) is 0.615. The zero-order valence-corrected chi connectivity index (χ0v) is 10.5. The van der Waals surface area contributed by atoms with Crippen molar-refractivity contribution in [3.05, 3.63) is 23.9 Å². The third kappa shape index (κ3) is 4.38. The molecule has 1 aromatic heterocycles. The number of ether oxygens (including phenoxy) is 1. The van der Waals surface area contributed by atoms with Crippen LogP contribution in [0.3, 0.4) is 0 Å². The van der Waals surface area contributed by atoms with Crippen LogP contribution in [0.1, 0.15) is 24.8 Å². The maximum Gasteiger partial charge on any atom is 0.416 e. The number of nitrogens with one attached hydrogen (secondary N) is 1. The van der Waals surface area contributed by atoms with E-state index >= 15 is 0 Å². The summed E-state index contributed by atoms with van der Waals surface area (Å²) in [5.74, 6) is 0.582. The first-order valence-corrected chi connectivity index (χ1v) is 6.42. The highest BCUT2D eigenvalue weighted by Crippen LogP contribution is 2.30. The molecule has 106 valence electrons. The maximum atomic E-state index is 12.5. The summed E-state index contributed by atoms with van der Waals surface area (Å²) in [4.78, 5) is 3.80. The van der Waals surface area contributed by atoms with E-state index in [1.54, 1.807) is 0 Å². The van der Waals surface area contributed by atoms with E-state index in [-0.39, 0.29) is 5.88 Å². The van der Waals surface area contributed by atoms with Gasteiger partial charge in [0.15, 0.2) is 0 Å². The normalized spacial score (nSPS) is 20.3. The van der Waals surface area contributed by atoms with Crippen molar-refractivity contribution in [3.63, 3.8) is 0 Å². The Kier molecular flexibility index (Phi) is 4.63. The Balaban J connectivity index is 1.82. The van der Waals surface area contributed by atoms with Crippen LogP contribution in [0.15, 0.2) is 18.3 Å². The number of aromatic nitrogens is 1. The molecule has 1 N–H and O–H groups in total. The van der Waals surface area contributed by atoms with E-state index in [0.29, 0.717) is 12.5 Å². The van der Waals surface area contributed by atoms with E-state index in [0.717, 1.165) is 50.7 Å². The van der Waals surface area contributed by atoms with Crippen LogP contribution in [0, 0.1) is 5.92 Å². The first kappa shape index (κ1) is 14.1.